The topological polar surface area (TPSA) is 104 Å². The summed E-state index contributed by atoms with van der Waals surface area (Å²) in [6.07, 6.45) is 1.89. The third-order valence-electron chi connectivity index (χ3n) is 7.63. The van der Waals surface area contributed by atoms with Crippen molar-refractivity contribution in [3.05, 3.63) is 147 Å². The van der Waals surface area contributed by atoms with E-state index in [1.54, 1.807) is 104 Å². The fourth-order valence-electron chi connectivity index (χ4n) is 5.52. The summed E-state index contributed by atoms with van der Waals surface area (Å²) in [5.41, 5.74) is 2.53. The molecule has 1 aliphatic rings. The maximum Gasteiger partial charge on any atom is 0.326 e. The van der Waals surface area contributed by atoms with Crippen molar-refractivity contribution in [1.29, 1.82) is 0 Å². The van der Waals surface area contributed by atoms with Gasteiger partial charge in [0.1, 0.15) is 6.04 Å². The molecule has 0 unspecified atom stereocenters. The standard InChI is InChI=1S/C34H30Cl2N2O5S/c1-22-8-5-6-13-31(22)44(42,43)38-30(24-14-16-26(35)17-15-24)19-18-28(32(38)25-11-7-12-27(36)21-25)33(39)37-29(34(40)41)20-23-9-3-2-4-10-23/h2-18,21,29-30,32H,19-20H2,1H3,(H,37,39)(H,40,41)/t29-,30-,32-/m0/s1. The Morgan fingerprint density at radius 3 is 2.23 bits per heavy atom. The van der Waals surface area contributed by atoms with E-state index >= 15 is 0 Å². The lowest BCUT2D eigenvalue weighted by atomic mass is 9.88. The smallest absolute Gasteiger partial charge is 0.326 e. The van der Waals surface area contributed by atoms with Crippen LogP contribution in [-0.4, -0.2) is 35.7 Å². The van der Waals surface area contributed by atoms with Gasteiger partial charge in [-0.2, -0.15) is 4.31 Å². The minimum atomic E-state index is -4.25. The van der Waals surface area contributed by atoms with Crippen LogP contribution in [0.25, 0.3) is 0 Å². The monoisotopic (exact) mass is 648 g/mol. The van der Waals surface area contributed by atoms with Gasteiger partial charge in [-0.3, -0.25) is 4.79 Å². The molecule has 1 amide bonds. The number of carbonyl (C=O) groups is 2. The number of halogens is 2. The van der Waals surface area contributed by atoms with Crippen molar-refractivity contribution in [2.24, 2.45) is 0 Å². The lowest BCUT2D eigenvalue weighted by molar-refractivity contribution is -0.141. The van der Waals surface area contributed by atoms with Gasteiger partial charge in [0.25, 0.3) is 0 Å². The maximum absolute atomic E-state index is 14.7. The Labute approximate surface area is 266 Å². The summed E-state index contributed by atoms with van der Waals surface area (Å²) < 4.78 is 30.7. The fourth-order valence-corrected chi connectivity index (χ4v) is 7.85. The molecule has 1 aliphatic heterocycles. The van der Waals surface area contributed by atoms with Crippen molar-refractivity contribution in [2.45, 2.75) is 42.8 Å². The average molecular weight is 650 g/mol. The number of rotatable bonds is 9. The van der Waals surface area contributed by atoms with Crippen LogP contribution in [0.4, 0.5) is 0 Å². The van der Waals surface area contributed by atoms with Crippen LogP contribution in [0.3, 0.4) is 0 Å². The molecular formula is C34H30Cl2N2O5S. The molecule has 226 valence electrons. The van der Waals surface area contributed by atoms with E-state index in [1.807, 2.05) is 6.07 Å². The quantitative estimate of drug-likeness (QED) is 0.205. The number of aryl methyl sites for hydroxylation is 1. The zero-order valence-corrected chi connectivity index (χ0v) is 26.1. The van der Waals surface area contributed by atoms with Crippen LogP contribution in [0.15, 0.2) is 120 Å². The van der Waals surface area contributed by atoms with Gasteiger partial charge in [-0.25, -0.2) is 13.2 Å². The molecule has 3 atom stereocenters. The first-order valence-electron chi connectivity index (χ1n) is 13.9. The number of hydrogen-bond acceptors (Lipinski definition) is 4. The maximum atomic E-state index is 14.7. The van der Waals surface area contributed by atoms with E-state index in [-0.39, 0.29) is 23.3 Å². The molecule has 0 bridgehead atoms. The second kappa shape index (κ2) is 13.4. The Morgan fingerprint density at radius 2 is 1.57 bits per heavy atom. The number of amides is 1. The van der Waals surface area contributed by atoms with Crippen molar-refractivity contribution in [3.8, 4) is 0 Å². The fraction of sp³-hybridized carbons (Fsp3) is 0.176. The van der Waals surface area contributed by atoms with Gasteiger partial charge in [0, 0.05) is 22.0 Å². The van der Waals surface area contributed by atoms with Gasteiger partial charge in [-0.15, -0.1) is 0 Å². The van der Waals surface area contributed by atoms with Gasteiger partial charge in [0.15, 0.2) is 0 Å². The summed E-state index contributed by atoms with van der Waals surface area (Å²) in [6.45, 7) is 1.72. The van der Waals surface area contributed by atoms with Gasteiger partial charge < -0.3 is 10.4 Å². The van der Waals surface area contributed by atoms with Gasteiger partial charge in [0.2, 0.25) is 15.9 Å². The molecule has 1 heterocycles. The molecule has 10 heteroatoms. The molecule has 7 nitrogen and oxygen atoms in total. The molecule has 0 spiro atoms. The first kappa shape index (κ1) is 31.5. The number of carboxylic acid groups (broad SMARTS) is 1. The lowest BCUT2D eigenvalue weighted by Gasteiger charge is -2.41. The third-order valence-corrected chi connectivity index (χ3v) is 10.2. The zero-order chi connectivity index (χ0) is 31.4. The minimum absolute atomic E-state index is 0.0512. The summed E-state index contributed by atoms with van der Waals surface area (Å²) in [6, 6.07) is 26.1. The van der Waals surface area contributed by atoms with Crippen LogP contribution in [0.2, 0.25) is 10.0 Å². The second-order valence-electron chi connectivity index (χ2n) is 10.6. The van der Waals surface area contributed by atoms with Crippen LogP contribution in [0.5, 0.6) is 0 Å². The molecule has 0 saturated carbocycles. The summed E-state index contributed by atoms with van der Waals surface area (Å²) >= 11 is 12.6. The highest BCUT2D eigenvalue weighted by atomic mass is 35.5. The summed E-state index contributed by atoms with van der Waals surface area (Å²) in [5.74, 6) is -1.89. The van der Waals surface area contributed by atoms with Gasteiger partial charge in [-0.1, -0.05) is 102 Å². The van der Waals surface area contributed by atoms with Crippen LogP contribution < -0.4 is 5.32 Å². The van der Waals surface area contributed by atoms with Crippen molar-refractivity contribution >= 4 is 45.1 Å². The first-order chi connectivity index (χ1) is 21.1. The SMILES string of the molecule is Cc1ccccc1S(=O)(=O)N1[C@@H](c2cccc(Cl)c2)C(C(=O)N[C@@H](Cc2ccccc2)C(=O)O)=CC[C@H]1c1ccc(Cl)cc1. The van der Waals surface area contributed by atoms with E-state index in [9.17, 15) is 23.1 Å². The number of hydrogen-bond donors (Lipinski definition) is 2. The Morgan fingerprint density at radius 1 is 0.886 bits per heavy atom. The van der Waals surface area contributed by atoms with Gasteiger partial charge >= 0.3 is 5.97 Å². The molecule has 44 heavy (non-hydrogen) atoms. The number of aliphatic carboxylic acids is 1. The first-order valence-corrected chi connectivity index (χ1v) is 16.1. The molecule has 4 aromatic carbocycles. The molecule has 0 aromatic heterocycles. The summed E-state index contributed by atoms with van der Waals surface area (Å²) in [5, 5.41) is 13.5. The molecule has 0 saturated heterocycles. The third kappa shape index (κ3) is 6.74. The van der Waals surface area contributed by atoms with Crippen molar-refractivity contribution < 1.29 is 23.1 Å². The number of benzene rings is 4. The summed E-state index contributed by atoms with van der Waals surface area (Å²) in [7, 11) is -4.25. The van der Waals surface area contributed by atoms with E-state index in [1.165, 1.54) is 10.4 Å². The molecule has 4 aromatic rings. The largest absolute Gasteiger partial charge is 0.480 e. The van der Waals surface area contributed by atoms with E-state index in [0.29, 0.717) is 26.7 Å². The Balaban J connectivity index is 1.66. The number of nitrogens with one attached hydrogen (secondary N) is 1. The normalized spacial score (nSPS) is 17.8. The lowest BCUT2D eigenvalue weighted by Crippen LogP contribution is -2.48. The van der Waals surface area contributed by atoms with E-state index in [4.69, 9.17) is 23.2 Å². The number of sulfonamides is 1. The highest BCUT2D eigenvalue weighted by Gasteiger charge is 2.45. The number of carboxylic acids is 1. The Kier molecular flexibility index (Phi) is 9.56. The number of nitrogens with zero attached hydrogens (tertiary/aromatic N) is 1. The Bertz CT molecular complexity index is 1810. The highest BCUT2D eigenvalue weighted by molar-refractivity contribution is 7.89. The predicted octanol–water partition coefficient (Wildman–Crippen LogP) is 6.92. The zero-order valence-electron chi connectivity index (χ0n) is 23.7. The number of carbonyl (C=O) groups excluding carboxylic acids is 1. The molecular weight excluding hydrogens is 619 g/mol. The van der Waals surface area contributed by atoms with Gasteiger partial charge in [0.05, 0.1) is 17.0 Å². The average Bonchev–Trinajstić information content (AvgIpc) is 3.01. The molecule has 2 N–H and O–H groups in total. The Hall–Kier alpha value is -3.95. The molecule has 0 radical (unpaired) electrons. The molecule has 5 rings (SSSR count). The highest BCUT2D eigenvalue weighted by Crippen LogP contribution is 2.46. The van der Waals surface area contributed by atoms with Crippen molar-refractivity contribution in [1.82, 2.24) is 9.62 Å². The second-order valence-corrected chi connectivity index (χ2v) is 13.3. The van der Waals surface area contributed by atoms with Crippen molar-refractivity contribution in [2.75, 3.05) is 0 Å². The van der Waals surface area contributed by atoms with Gasteiger partial charge in [-0.05, 0) is 65.9 Å². The van der Waals surface area contributed by atoms with E-state index < -0.39 is 40.0 Å². The minimum Gasteiger partial charge on any atom is -0.480 e. The van der Waals surface area contributed by atoms with Crippen molar-refractivity contribution in [3.63, 3.8) is 0 Å². The van der Waals surface area contributed by atoms with Crippen LogP contribution in [0, 0.1) is 6.92 Å². The molecule has 0 aliphatic carbocycles. The predicted molar refractivity (Wildman–Crippen MR) is 171 cm³/mol. The van der Waals surface area contributed by atoms with E-state index in [0.717, 1.165) is 5.56 Å². The summed E-state index contributed by atoms with van der Waals surface area (Å²) in [4.78, 5) is 26.4. The van der Waals surface area contributed by atoms with Crippen LogP contribution in [0.1, 0.15) is 40.8 Å². The molecule has 0 fully saturated rings. The van der Waals surface area contributed by atoms with E-state index in [2.05, 4.69) is 5.32 Å². The van der Waals surface area contributed by atoms with Crippen LogP contribution >= 0.6 is 23.2 Å². The van der Waals surface area contributed by atoms with Crippen LogP contribution in [-0.2, 0) is 26.0 Å².